The molecule has 2 heterocycles. The van der Waals surface area contributed by atoms with E-state index in [-0.39, 0.29) is 6.04 Å². The fourth-order valence-corrected chi connectivity index (χ4v) is 4.57. The molecule has 1 fully saturated rings. The van der Waals surface area contributed by atoms with Crippen molar-refractivity contribution < 1.29 is 13.2 Å². The van der Waals surface area contributed by atoms with E-state index in [1.165, 1.54) is 17.0 Å². The van der Waals surface area contributed by atoms with Crippen LogP contribution >= 0.6 is 0 Å². The molecule has 0 amide bonds. The monoisotopic (exact) mass is 400 g/mol. The number of aromatic nitrogens is 1. The zero-order chi connectivity index (χ0) is 20.4. The second-order valence-corrected chi connectivity index (χ2v) is 7.62. The van der Waals surface area contributed by atoms with Crippen LogP contribution in [0.15, 0.2) is 35.5 Å². The van der Waals surface area contributed by atoms with Gasteiger partial charge in [0, 0.05) is 23.8 Å². The number of halogens is 3. The number of rotatable bonds is 5. The van der Waals surface area contributed by atoms with E-state index in [1.54, 1.807) is 24.6 Å². The molecule has 1 aromatic heterocycles. The van der Waals surface area contributed by atoms with E-state index >= 15 is 0 Å². The van der Waals surface area contributed by atoms with Crippen molar-refractivity contribution >= 4 is 17.1 Å². The van der Waals surface area contributed by atoms with Crippen molar-refractivity contribution in [3.05, 3.63) is 47.5 Å². The highest BCUT2D eigenvalue weighted by atomic mass is 19.1. The van der Waals surface area contributed by atoms with Crippen LogP contribution in [0.2, 0.25) is 0 Å². The lowest BCUT2D eigenvalue weighted by Gasteiger charge is -2.36. The molecule has 1 atom stereocenters. The number of nitrogens with zero attached hydrogens (tertiary/aromatic N) is 4. The average Bonchev–Trinajstić information content (AvgIpc) is 3.08. The van der Waals surface area contributed by atoms with Crippen molar-refractivity contribution in [3.63, 3.8) is 0 Å². The minimum atomic E-state index is -0.991. The first-order valence-corrected chi connectivity index (χ1v) is 10.0. The Morgan fingerprint density at radius 1 is 1.17 bits per heavy atom. The molecule has 1 saturated carbocycles. The van der Waals surface area contributed by atoms with Gasteiger partial charge in [-0.1, -0.05) is 19.3 Å². The maximum atomic E-state index is 14.0. The van der Waals surface area contributed by atoms with Gasteiger partial charge in [-0.3, -0.25) is 4.99 Å². The third-order valence-corrected chi connectivity index (χ3v) is 5.93. The van der Waals surface area contributed by atoms with E-state index in [2.05, 4.69) is 15.6 Å². The van der Waals surface area contributed by atoms with Crippen molar-refractivity contribution in [2.75, 3.05) is 13.3 Å². The normalized spacial score (nSPS) is 20.0. The van der Waals surface area contributed by atoms with Gasteiger partial charge in [-0.05, 0) is 37.1 Å². The fraction of sp³-hybridized carbons (Fsp3) is 0.455. The minimum absolute atomic E-state index is 0.144. The number of benzene rings is 1. The number of fused-ring (bicyclic) bond motifs is 1. The van der Waals surface area contributed by atoms with E-state index in [0.29, 0.717) is 16.6 Å². The van der Waals surface area contributed by atoms with Gasteiger partial charge in [-0.25, -0.2) is 13.2 Å². The molecule has 4 nitrogen and oxygen atoms in total. The summed E-state index contributed by atoms with van der Waals surface area (Å²) < 4.78 is 43.2. The van der Waals surface area contributed by atoms with Crippen LogP contribution < -0.4 is 0 Å². The Morgan fingerprint density at radius 2 is 1.93 bits per heavy atom. The summed E-state index contributed by atoms with van der Waals surface area (Å²) in [6.07, 6.45) is 9.29. The van der Waals surface area contributed by atoms with Crippen LogP contribution in [0, 0.1) is 17.1 Å². The lowest BCUT2D eigenvalue weighted by atomic mass is 9.94. The van der Waals surface area contributed by atoms with Crippen LogP contribution in [0.25, 0.3) is 10.9 Å². The van der Waals surface area contributed by atoms with Gasteiger partial charge in [0.15, 0.2) is 6.17 Å². The number of hydrogen-bond acceptors (Lipinski definition) is 3. The van der Waals surface area contributed by atoms with Gasteiger partial charge in [0.25, 0.3) is 0 Å². The second kappa shape index (κ2) is 8.32. The maximum Gasteiger partial charge on any atom is 0.163 e. The summed E-state index contributed by atoms with van der Waals surface area (Å²) in [6.45, 7) is -1.74. The maximum absolute atomic E-state index is 14.0. The van der Waals surface area contributed by atoms with E-state index in [0.717, 1.165) is 37.6 Å². The summed E-state index contributed by atoms with van der Waals surface area (Å²) in [4.78, 5) is 6.03. The molecule has 0 radical (unpaired) electrons. The van der Waals surface area contributed by atoms with Gasteiger partial charge in [-0.2, -0.15) is 5.26 Å². The molecule has 0 spiro atoms. The molecule has 2 aromatic rings. The SMILES string of the molecule is N#Cc1c(C2N=CC=CN2C(CF)CF)n(C2CCCCC2)c2ccc(F)cc12. The van der Waals surface area contributed by atoms with Crippen LogP contribution in [0.4, 0.5) is 13.2 Å². The lowest BCUT2D eigenvalue weighted by Crippen LogP contribution is -2.39. The second-order valence-electron chi connectivity index (χ2n) is 7.62. The van der Waals surface area contributed by atoms with Crippen LogP contribution in [0.5, 0.6) is 0 Å². The third kappa shape index (κ3) is 3.41. The van der Waals surface area contributed by atoms with Crippen molar-refractivity contribution in [2.45, 2.75) is 50.4 Å². The van der Waals surface area contributed by atoms with Crippen LogP contribution in [-0.2, 0) is 0 Å². The van der Waals surface area contributed by atoms with E-state index in [4.69, 9.17) is 0 Å². The van der Waals surface area contributed by atoms with Crippen molar-refractivity contribution in [2.24, 2.45) is 4.99 Å². The predicted octanol–water partition coefficient (Wildman–Crippen LogP) is 5.36. The van der Waals surface area contributed by atoms with E-state index in [1.807, 2.05) is 0 Å². The first-order valence-electron chi connectivity index (χ1n) is 10.0. The lowest BCUT2D eigenvalue weighted by molar-refractivity contribution is 0.141. The molecular weight excluding hydrogens is 377 g/mol. The topological polar surface area (TPSA) is 44.3 Å². The number of nitriles is 1. The molecule has 1 aliphatic carbocycles. The van der Waals surface area contributed by atoms with Gasteiger partial charge in [0.1, 0.15) is 25.2 Å². The third-order valence-electron chi connectivity index (χ3n) is 5.93. The Balaban J connectivity index is 1.95. The molecule has 0 saturated heterocycles. The Hall–Kier alpha value is -2.75. The standard InChI is InChI=1S/C22H23F3N4/c23-12-17(13-24)28-10-4-9-27-22(28)21-19(14-26)18-11-15(25)7-8-20(18)29(21)16-5-2-1-3-6-16/h4,7-11,16-17,22H,1-3,5-6,12-13H2. The minimum Gasteiger partial charge on any atom is -0.343 e. The Labute approximate surface area is 167 Å². The molecule has 0 N–H and O–H groups in total. The molecule has 1 unspecified atom stereocenters. The highest BCUT2D eigenvalue weighted by Gasteiger charge is 2.34. The number of alkyl halides is 2. The molecule has 29 heavy (non-hydrogen) atoms. The molecule has 0 bridgehead atoms. The predicted molar refractivity (Wildman–Crippen MR) is 107 cm³/mol. The summed E-state index contributed by atoms with van der Waals surface area (Å²) in [5, 5.41) is 10.5. The smallest absolute Gasteiger partial charge is 0.163 e. The summed E-state index contributed by atoms with van der Waals surface area (Å²) in [5.74, 6) is -0.421. The highest BCUT2D eigenvalue weighted by Crippen LogP contribution is 2.41. The van der Waals surface area contributed by atoms with Crippen molar-refractivity contribution in [1.82, 2.24) is 9.47 Å². The van der Waals surface area contributed by atoms with Gasteiger partial charge >= 0.3 is 0 Å². The fourth-order valence-electron chi connectivity index (χ4n) is 4.57. The van der Waals surface area contributed by atoms with Gasteiger partial charge < -0.3 is 9.47 Å². The first-order chi connectivity index (χ1) is 14.2. The number of aliphatic imine (C=N–C) groups is 1. The molecule has 4 rings (SSSR count). The number of allylic oxidation sites excluding steroid dienone is 1. The molecule has 1 aliphatic heterocycles. The zero-order valence-electron chi connectivity index (χ0n) is 16.1. The first kappa shape index (κ1) is 19.6. The van der Waals surface area contributed by atoms with Gasteiger partial charge in [-0.15, -0.1) is 0 Å². The van der Waals surface area contributed by atoms with Crippen LogP contribution in [-0.4, -0.2) is 35.1 Å². The quantitative estimate of drug-likeness (QED) is 0.678. The van der Waals surface area contributed by atoms with Crippen molar-refractivity contribution in [1.29, 1.82) is 5.26 Å². The van der Waals surface area contributed by atoms with Crippen LogP contribution in [0.3, 0.4) is 0 Å². The zero-order valence-corrected chi connectivity index (χ0v) is 16.1. The Morgan fingerprint density at radius 3 is 2.62 bits per heavy atom. The summed E-state index contributed by atoms with van der Waals surface area (Å²) in [7, 11) is 0. The molecule has 7 heteroatoms. The van der Waals surface area contributed by atoms with E-state index < -0.39 is 31.4 Å². The molecular formula is C22H23F3N4. The van der Waals surface area contributed by atoms with Gasteiger partial charge in [0.05, 0.1) is 22.8 Å². The molecule has 152 valence electrons. The van der Waals surface area contributed by atoms with Gasteiger partial charge in [0.2, 0.25) is 0 Å². The molecule has 2 aliphatic rings. The highest BCUT2D eigenvalue weighted by molar-refractivity contribution is 5.89. The Bertz CT molecular complexity index is 978. The summed E-state index contributed by atoms with van der Waals surface area (Å²) in [6, 6.07) is 5.82. The average molecular weight is 400 g/mol. The van der Waals surface area contributed by atoms with E-state index in [9.17, 15) is 18.4 Å². The molecule has 1 aromatic carbocycles. The Kier molecular flexibility index (Phi) is 5.61. The number of hydrogen-bond donors (Lipinski definition) is 0. The van der Waals surface area contributed by atoms with Crippen LogP contribution in [0.1, 0.15) is 55.6 Å². The largest absolute Gasteiger partial charge is 0.343 e. The van der Waals surface area contributed by atoms with Crippen molar-refractivity contribution in [3.8, 4) is 6.07 Å². The summed E-state index contributed by atoms with van der Waals surface area (Å²) >= 11 is 0. The summed E-state index contributed by atoms with van der Waals surface area (Å²) in [5.41, 5.74) is 1.68.